The largest absolute Gasteiger partial charge is 0.496 e. The van der Waals surface area contributed by atoms with Crippen LogP contribution in [0.5, 0.6) is 5.75 Å². The highest BCUT2D eigenvalue weighted by atomic mass is 19.4. The second-order valence-corrected chi connectivity index (χ2v) is 5.02. The minimum atomic E-state index is -4.37. The summed E-state index contributed by atoms with van der Waals surface area (Å²) in [6.45, 7) is 1.88. The number of ether oxygens (including phenoxy) is 1. The highest BCUT2D eigenvalue weighted by Gasteiger charge is 2.29. The number of carbonyl (C=O) groups excluding carboxylic acids is 1. The normalized spacial score (nSPS) is 11.7. The summed E-state index contributed by atoms with van der Waals surface area (Å²) < 4.78 is 42.6. The van der Waals surface area contributed by atoms with Crippen molar-refractivity contribution in [1.29, 1.82) is 0 Å². The zero-order chi connectivity index (χ0) is 17.0. The molecular formula is C18H15F3O2. The van der Waals surface area contributed by atoms with Crippen molar-refractivity contribution in [1.82, 2.24) is 0 Å². The van der Waals surface area contributed by atoms with Crippen LogP contribution in [0, 0.1) is 6.92 Å². The smallest absolute Gasteiger partial charge is 0.416 e. The Morgan fingerprint density at radius 3 is 2.30 bits per heavy atom. The number of aryl methyl sites for hydroxylation is 1. The van der Waals surface area contributed by atoms with Gasteiger partial charge in [-0.1, -0.05) is 24.3 Å². The molecule has 0 N–H and O–H groups in total. The number of carbonyl (C=O) groups is 1. The molecule has 0 fully saturated rings. The van der Waals surface area contributed by atoms with Gasteiger partial charge in [0.2, 0.25) is 0 Å². The van der Waals surface area contributed by atoms with Crippen LogP contribution >= 0.6 is 0 Å². The maximum Gasteiger partial charge on any atom is 0.416 e. The molecule has 0 saturated carbocycles. The minimum Gasteiger partial charge on any atom is -0.496 e. The molecule has 0 spiro atoms. The minimum absolute atomic E-state index is 0.276. The Kier molecular flexibility index (Phi) is 4.89. The first-order valence-corrected chi connectivity index (χ1v) is 6.85. The summed E-state index contributed by atoms with van der Waals surface area (Å²) in [5.41, 5.74) is 1.16. The average Bonchev–Trinajstić information content (AvgIpc) is 2.52. The third-order valence-corrected chi connectivity index (χ3v) is 3.29. The highest BCUT2D eigenvalue weighted by Crippen LogP contribution is 2.29. The van der Waals surface area contributed by atoms with Crippen molar-refractivity contribution in [3.8, 4) is 5.75 Å². The van der Waals surface area contributed by atoms with Crippen molar-refractivity contribution in [3.05, 3.63) is 70.8 Å². The first kappa shape index (κ1) is 16.8. The van der Waals surface area contributed by atoms with Gasteiger partial charge in [0.25, 0.3) is 0 Å². The molecule has 0 heterocycles. The third kappa shape index (κ3) is 4.22. The van der Waals surface area contributed by atoms with Gasteiger partial charge in [0.05, 0.1) is 18.2 Å². The fraction of sp³-hybridized carbons (Fsp3) is 0.167. The Bertz CT molecular complexity index is 729. The van der Waals surface area contributed by atoms with E-state index >= 15 is 0 Å². The number of allylic oxidation sites excluding steroid dienone is 1. The Balaban J connectivity index is 2.18. The van der Waals surface area contributed by atoms with Crippen LogP contribution in [0.25, 0.3) is 6.08 Å². The highest BCUT2D eigenvalue weighted by molar-refractivity contribution is 6.08. The summed E-state index contributed by atoms with van der Waals surface area (Å²) in [4.78, 5) is 12.2. The lowest BCUT2D eigenvalue weighted by molar-refractivity contribution is -0.137. The van der Waals surface area contributed by atoms with E-state index < -0.39 is 11.7 Å². The lowest BCUT2D eigenvalue weighted by Gasteiger charge is -2.07. The second kappa shape index (κ2) is 6.69. The number of methoxy groups -OCH3 is 1. The van der Waals surface area contributed by atoms with Crippen LogP contribution in [0.1, 0.15) is 27.0 Å². The van der Waals surface area contributed by atoms with E-state index in [0.717, 1.165) is 17.7 Å². The fourth-order valence-electron chi connectivity index (χ4n) is 2.05. The molecule has 23 heavy (non-hydrogen) atoms. The van der Waals surface area contributed by atoms with Crippen LogP contribution in [-0.4, -0.2) is 12.9 Å². The van der Waals surface area contributed by atoms with Gasteiger partial charge < -0.3 is 4.74 Å². The number of hydrogen-bond donors (Lipinski definition) is 0. The summed E-state index contributed by atoms with van der Waals surface area (Å²) in [5.74, 6) is 0.189. The Labute approximate surface area is 132 Å². The standard InChI is InChI=1S/C18H15F3O2/c1-12-3-9-15(17(11-12)23-2)16(22)10-6-13-4-7-14(8-5-13)18(19,20)21/h3-11H,1-2H3/b10-6+. The van der Waals surface area contributed by atoms with Crippen molar-refractivity contribution >= 4 is 11.9 Å². The van der Waals surface area contributed by atoms with Gasteiger partial charge >= 0.3 is 6.18 Å². The summed E-state index contributed by atoms with van der Waals surface area (Å²) in [6, 6.07) is 9.81. The van der Waals surface area contributed by atoms with E-state index in [9.17, 15) is 18.0 Å². The molecule has 0 unspecified atom stereocenters. The van der Waals surface area contributed by atoms with E-state index in [1.54, 1.807) is 18.2 Å². The molecule has 2 aromatic carbocycles. The van der Waals surface area contributed by atoms with Crippen molar-refractivity contribution in [2.75, 3.05) is 7.11 Å². The molecule has 0 aliphatic carbocycles. The summed E-state index contributed by atoms with van der Waals surface area (Å²) in [5, 5.41) is 0. The molecule has 0 aliphatic heterocycles. The molecule has 0 amide bonds. The van der Waals surface area contributed by atoms with E-state index in [0.29, 0.717) is 16.9 Å². The SMILES string of the molecule is COc1cc(C)ccc1C(=O)/C=C/c1ccc(C(F)(F)F)cc1. The van der Waals surface area contributed by atoms with E-state index in [4.69, 9.17) is 4.74 Å². The zero-order valence-corrected chi connectivity index (χ0v) is 12.6. The Morgan fingerprint density at radius 1 is 1.09 bits per heavy atom. The van der Waals surface area contributed by atoms with Gasteiger partial charge in [-0.15, -0.1) is 0 Å². The van der Waals surface area contributed by atoms with Crippen LogP contribution in [0.15, 0.2) is 48.5 Å². The van der Waals surface area contributed by atoms with E-state index in [1.165, 1.54) is 31.4 Å². The molecule has 2 rings (SSSR count). The van der Waals surface area contributed by atoms with Crippen molar-refractivity contribution in [2.24, 2.45) is 0 Å². The molecule has 5 heteroatoms. The van der Waals surface area contributed by atoms with Crippen molar-refractivity contribution in [2.45, 2.75) is 13.1 Å². The second-order valence-electron chi connectivity index (χ2n) is 5.02. The van der Waals surface area contributed by atoms with Crippen LogP contribution < -0.4 is 4.74 Å². The maximum absolute atomic E-state index is 12.5. The zero-order valence-electron chi connectivity index (χ0n) is 12.6. The van der Waals surface area contributed by atoms with Crippen molar-refractivity contribution < 1.29 is 22.7 Å². The van der Waals surface area contributed by atoms with E-state index in [-0.39, 0.29) is 5.78 Å². The number of hydrogen-bond acceptors (Lipinski definition) is 2. The van der Waals surface area contributed by atoms with E-state index in [2.05, 4.69) is 0 Å². The van der Waals surface area contributed by atoms with Crippen molar-refractivity contribution in [3.63, 3.8) is 0 Å². The average molecular weight is 320 g/mol. The number of halogens is 3. The predicted molar refractivity (Wildman–Crippen MR) is 82.5 cm³/mol. The van der Waals surface area contributed by atoms with Gasteiger partial charge in [-0.2, -0.15) is 13.2 Å². The molecule has 2 aromatic rings. The lowest BCUT2D eigenvalue weighted by atomic mass is 10.1. The van der Waals surface area contributed by atoms with Gasteiger partial charge in [0.15, 0.2) is 5.78 Å². The summed E-state index contributed by atoms with van der Waals surface area (Å²) in [6.07, 6.45) is -1.58. The van der Waals surface area contributed by atoms with Crippen LogP contribution in [0.2, 0.25) is 0 Å². The number of benzene rings is 2. The molecule has 0 aromatic heterocycles. The summed E-state index contributed by atoms with van der Waals surface area (Å²) in [7, 11) is 1.48. The predicted octanol–water partition coefficient (Wildman–Crippen LogP) is 4.92. The molecule has 0 radical (unpaired) electrons. The maximum atomic E-state index is 12.5. The molecule has 0 saturated heterocycles. The monoisotopic (exact) mass is 320 g/mol. The number of alkyl halides is 3. The Hall–Kier alpha value is -2.56. The third-order valence-electron chi connectivity index (χ3n) is 3.29. The molecule has 0 bridgehead atoms. The topological polar surface area (TPSA) is 26.3 Å². The first-order valence-electron chi connectivity index (χ1n) is 6.85. The van der Waals surface area contributed by atoms with Crippen LogP contribution in [0.3, 0.4) is 0 Å². The molecule has 0 aliphatic rings. The van der Waals surface area contributed by atoms with Gasteiger partial charge in [-0.3, -0.25) is 4.79 Å². The molecular weight excluding hydrogens is 305 g/mol. The van der Waals surface area contributed by atoms with Crippen LogP contribution in [-0.2, 0) is 6.18 Å². The number of rotatable bonds is 4. The Morgan fingerprint density at radius 2 is 1.74 bits per heavy atom. The number of ketones is 1. The molecule has 2 nitrogen and oxygen atoms in total. The van der Waals surface area contributed by atoms with E-state index in [1.807, 2.05) is 6.92 Å². The quantitative estimate of drug-likeness (QED) is 0.590. The fourth-order valence-corrected chi connectivity index (χ4v) is 2.05. The molecule has 120 valence electrons. The van der Waals surface area contributed by atoms with Gasteiger partial charge in [-0.25, -0.2) is 0 Å². The van der Waals surface area contributed by atoms with Gasteiger partial charge in [0, 0.05) is 0 Å². The van der Waals surface area contributed by atoms with Crippen LogP contribution in [0.4, 0.5) is 13.2 Å². The first-order chi connectivity index (χ1) is 10.8. The molecule has 0 atom stereocenters. The lowest BCUT2D eigenvalue weighted by Crippen LogP contribution is -2.04. The van der Waals surface area contributed by atoms with Gasteiger partial charge in [0.1, 0.15) is 5.75 Å². The summed E-state index contributed by atoms with van der Waals surface area (Å²) >= 11 is 0. The van der Waals surface area contributed by atoms with Gasteiger partial charge in [-0.05, 0) is 48.4 Å².